The highest BCUT2D eigenvalue weighted by atomic mass is 19.1. The number of ether oxygens (including phenoxy) is 2. The first-order chi connectivity index (χ1) is 22.9. The van der Waals surface area contributed by atoms with Crippen LogP contribution in [-0.2, 0) is 0 Å². The highest BCUT2D eigenvalue weighted by Crippen LogP contribution is 2.47. The summed E-state index contributed by atoms with van der Waals surface area (Å²) in [7, 11) is 0. The number of piperazine rings is 1. The summed E-state index contributed by atoms with van der Waals surface area (Å²) in [5.74, 6) is 1.55. The molecule has 47 heavy (non-hydrogen) atoms. The molecule has 3 fully saturated rings. The molecule has 1 atom stereocenters. The van der Waals surface area contributed by atoms with Crippen molar-refractivity contribution in [2.45, 2.75) is 52.0 Å². The second kappa shape index (κ2) is 12.7. The molecule has 2 N–H and O–H groups in total. The Kier molecular flexibility index (Phi) is 8.49. The summed E-state index contributed by atoms with van der Waals surface area (Å²) in [5.41, 5.74) is -0.0209. The molecule has 2 aromatic carbocycles. The van der Waals surface area contributed by atoms with Gasteiger partial charge in [-0.15, -0.1) is 6.42 Å². The fourth-order valence-electron chi connectivity index (χ4n) is 7.11. The highest BCUT2D eigenvalue weighted by Gasteiger charge is 2.45. The molecule has 246 valence electrons. The topological polar surface area (TPSA) is 95.9 Å². The fraction of sp³-hybridized carbons (Fsp3) is 0.472. The van der Waals surface area contributed by atoms with Crippen molar-refractivity contribution < 1.29 is 23.4 Å². The van der Waals surface area contributed by atoms with Crippen molar-refractivity contribution in [3.63, 3.8) is 0 Å². The summed E-state index contributed by atoms with van der Waals surface area (Å²) >= 11 is 0. The number of phenolic OH excluding ortho intramolecular Hbond substituents is 1. The maximum atomic E-state index is 16.9. The Morgan fingerprint density at radius 3 is 2.66 bits per heavy atom. The van der Waals surface area contributed by atoms with E-state index in [4.69, 9.17) is 20.9 Å². The molecule has 1 saturated carbocycles. The van der Waals surface area contributed by atoms with Gasteiger partial charge in [-0.2, -0.15) is 9.97 Å². The Bertz CT molecular complexity index is 1870. The normalized spacial score (nSPS) is 20.0. The van der Waals surface area contributed by atoms with Crippen molar-refractivity contribution in [1.29, 1.82) is 0 Å². The van der Waals surface area contributed by atoms with E-state index in [2.05, 4.69) is 31.0 Å². The number of phenols is 1. The van der Waals surface area contributed by atoms with E-state index in [1.165, 1.54) is 43.5 Å². The van der Waals surface area contributed by atoms with Gasteiger partial charge in [0.25, 0.3) is 0 Å². The minimum absolute atomic E-state index is 0.00906. The third-order valence-corrected chi connectivity index (χ3v) is 9.67. The number of aromatic nitrogens is 3. The summed E-state index contributed by atoms with van der Waals surface area (Å²) in [4.78, 5) is 18.7. The number of piperidine rings is 1. The number of hydrogen-bond donors (Lipinski definition) is 2. The van der Waals surface area contributed by atoms with E-state index in [1.54, 1.807) is 0 Å². The number of fused-ring (bicyclic) bond motifs is 3. The third-order valence-electron chi connectivity index (χ3n) is 9.67. The molecule has 0 spiro atoms. The van der Waals surface area contributed by atoms with Gasteiger partial charge in [-0.3, -0.25) is 0 Å². The molecule has 0 amide bonds. The molecule has 0 bridgehead atoms. The molecule has 5 heterocycles. The van der Waals surface area contributed by atoms with Gasteiger partial charge in [0.1, 0.15) is 40.6 Å². The summed E-state index contributed by atoms with van der Waals surface area (Å²) in [5, 5.41) is 15.1. The smallest absolute Gasteiger partial charge is 0.319 e. The van der Waals surface area contributed by atoms with Gasteiger partial charge in [-0.25, -0.2) is 13.8 Å². The Hall–Kier alpha value is -4.27. The van der Waals surface area contributed by atoms with Gasteiger partial charge >= 0.3 is 6.01 Å². The summed E-state index contributed by atoms with van der Waals surface area (Å²) in [6.07, 6.45) is 11.6. The fourth-order valence-corrected chi connectivity index (χ4v) is 7.11. The van der Waals surface area contributed by atoms with Crippen molar-refractivity contribution in [1.82, 2.24) is 25.2 Å². The molecule has 1 aliphatic carbocycles. The van der Waals surface area contributed by atoms with Crippen molar-refractivity contribution in [3.05, 3.63) is 41.5 Å². The zero-order valence-corrected chi connectivity index (χ0v) is 26.9. The van der Waals surface area contributed by atoms with Crippen LogP contribution in [0.4, 0.5) is 14.6 Å². The van der Waals surface area contributed by atoms with Gasteiger partial charge in [0.2, 0.25) is 5.88 Å². The molecule has 2 saturated heterocycles. The maximum Gasteiger partial charge on any atom is 0.319 e. The van der Waals surface area contributed by atoms with Gasteiger partial charge in [0.05, 0.1) is 18.2 Å². The minimum atomic E-state index is -0.756. The van der Waals surface area contributed by atoms with Crippen LogP contribution in [0, 0.1) is 29.4 Å². The van der Waals surface area contributed by atoms with Crippen LogP contribution in [0.15, 0.2) is 24.3 Å². The van der Waals surface area contributed by atoms with Crippen LogP contribution in [0.25, 0.3) is 32.9 Å². The summed E-state index contributed by atoms with van der Waals surface area (Å²) in [6, 6.07) is 5.55. The number of hydrogen-bond acceptors (Lipinski definition) is 9. The van der Waals surface area contributed by atoms with Crippen LogP contribution in [0.3, 0.4) is 0 Å². The number of anilines is 1. The van der Waals surface area contributed by atoms with Crippen molar-refractivity contribution in [3.8, 4) is 41.2 Å². The number of terminal acetylenes is 1. The number of pyridine rings is 1. The maximum absolute atomic E-state index is 16.9. The lowest BCUT2D eigenvalue weighted by atomic mass is 9.95. The summed E-state index contributed by atoms with van der Waals surface area (Å²) in [6.45, 7) is 9.97. The molecule has 8 rings (SSSR count). The molecule has 4 aromatic rings. The molecule has 11 heteroatoms. The molecular formula is C36H40F2N6O3. The van der Waals surface area contributed by atoms with Crippen molar-refractivity contribution in [2.75, 3.05) is 57.4 Å². The van der Waals surface area contributed by atoms with E-state index in [0.717, 1.165) is 39.0 Å². The van der Waals surface area contributed by atoms with Crippen molar-refractivity contribution in [2.24, 2.45) is 5.41 Å². The van der Waals surface area contributed by atoms with E-state index >= 15 is 4.39 Å². The molecular weight excluding hydrogens is 602 g/mol. The first-order valence-electron chi connectivity index (χ1n) is 16.7. The molecule has 0 radical (unpaired) electrons. The van der Waals surface area contributed by atoms with Gasteiger partial charge in [0.15, 0.2) is 5.82 Å². The zero-order chi connectivity index (χ0) is 32.7. The Labute approximate surface area is 273 Å². The molecule has 3 aliphatic heterocycles. The Morgan fingerprint density at radius 1 is 1.09 bits per heavy atom. The second-order valence-electron chi connectivity index (χ2n) is 12.8. The van der Waals surface area contributed by atoms with E-state index < -0.39 is 11.6 Å². The average molecular weight is 643 g/mol. The summed E-state index contributed by atoms with van der Waals surface area (Å²) < 4.78 is 44.3. The number of nitrogens with zero attached hydrogens (tertiary/aromatic N) is 5. The van der Waals surface area contributed by atoms with Crippen LogP contribution in [0.2, 0.25) is 0 Å². The SMILES string of the molecule is C#Cc1c(F)ccc2cc(O)cc(-c3nc4c5c(nc(OCC6(CN7CCCCC7)CC6)nc5c3F)N3CCNC[C@H]3CO4)c12.CC. The first-order valence-corrected chi connectivity index (χ1v) is 16.7. The zero-order valence-electron chi connectivity index (χ0n) is 26.9. The Morgan fingerprint density at radius 2 is 1.89 bits per heavy atom. The number of rotatable bonds is 6. The number of nitrogens with one attached hydrogen (secondary N) is 1. The predicted molar refractivity (Wildman–Crippen MR) is 178 cm³/mol. The van der Waals surface area contributed by atoms with E-state index in [1.807, 2.05) is 13.8 Å². The highest BCUT2D eigenvalue weighted by molar-refractivity contribution is 6.04. The van der Waals surface area contributed by atoms with E-state index in [9.17, 15) is 9.50 Å². The molecule has 4 aliphatic rings. The standard InChI is InChI=1S/C34H34F2N6O3.C2H6/c1-2-23-25(35)7-6-20-14-22(43)15-24(26(20)23)29-28(36)30-27-31(42-13-10-37-16-21(42)17-44-32(27)38-29)40-33(39-30)45-19-34(8-9-34)18-41-11-4-3-5-12-41;1-2/h1,6-7,14-15,21,37,43H,3-5,8-13,16-19H2;1-2H3/t21-;/m0./s1. The second-order valence-corrected chi connectivity index (χ2v) is 12.8. The lowest BCUT2D eigenvalue weighted by molar-refractivity contribution is 0.139. The van der Waals surface area contributed by atoms with E-state index in [0.29, 0.717) is 36.3 Å². The lowest BCUT2D eigenvalue weighted by Gasteiger charge is -2.35. The van der Waals surface area contributed by atoms with Gasteiger partial charge < -0.3 is 29.7 Å². The predicted octanol–water partition coefficient (Wildman–Crippen LogP) is 5.65. The molecule has 9 nitrogen and oxygen atoms in total. The molecule has 0 unspecified atom stereocenters. The largest absolute Gasteiger partial charge is 0.508 e. The number of benzene rings is 2. The number of aromatic hydroxyl groups is 1. The number of likely N-dealkylation sites (tertiary alicyclic amines) is 1. The minimum Gasteiger partial charge on any atom is -0.508 e. The van der Waals surface area contributed by atoms with Gasteiger partial charge in [0, 0.05) is 42.5 Å². The van der Waals surface area contributed by atoms with Crippen LogP contribution in [0.5, 0.6) is 17.6 Å². The van der Waals surface area contributed by atoms with Gasteiger partial charge in [-0.05, 0) is 62.4 Å². The monoisotopic (exact) mass is 642 g/mol. The molecule has 2 aromatic heterocycles. The van der Waals surface area contributed by atoms with Crippen molar-refractivity contribution >= 4 is 27.5 Å². The third kappa shape index (κ3) is 5.78. The van der Waals surface area contributed by atoms with Gasteiger partial charge in [-0.1, -0.05) is 32.3 Å². The lowest BCUT2D eigenvalue weighted by Crippen LogP contribution is -2.53. The quantitative estimate of drug-likeness (QED) is 0.259. The van der Waals surface area contributed by atoms with Crippen LogP contribution in [0.1, 0.15) is 51.5 Å². The van der Waals surface area contributed by atoms with E-state index in [-0.39, 0.29) is 63.4 Å². The average Bonchev–Trinajstić information content (AvgIpc) is 3.89. The number of halogens is 2. The van der Waals surface area contributed by atoms with Crippen LogP contribution >= 0.6 is 0 Å². The first kappa shape index (κ1) is 31.3. The van der Waals surface area contributed by atoms with Crippen LogP contribution in [-0.4, -0.2) is 83.5 Å². The van der Waals surface area contributed by atoms with Crippen LogP contribution < -0.4 is 19.7 Å². The Balaban J connectivity index is 0.00000172.